The summed E-state index contributed by atoms with van der Waals surface area (Å²) in [6.45, 7) is 8.53. The van der Waals surface area contributed by atoms with Gasteiger partial charge in [-0.25, -0.2) is 56.7 Å². The fraction of sp³-hybridized carbons (Fsp3) is 0.364. The Hall–Kier alpha value is -10.9. The highest BCUT2D eigenvalue weighted by Crippen LogP contribution is 2.44. The van der Waals surface area contributed by atoms with Crippen molar-refractivity contribution in [1.29, 1.82) is 0 Å². The van der Waals surface area contributed by atoms with Crippen LogP contribution in [0.5, 0.6) is 0 Å². The van der Waals surface area contributed by atoms with Gasteiger partial charge < -0.3 is 74.7 Å². The van der Waals surface area contributed by atoms with Gasteiger partial charge in [-0.2, -0.15) is 23.5 Å². The number of rotatable bonds is 24. The number of thioether (sulfide) groups is 2. The number of carbonyl (C=O) groups excluding carboxylic acids is 4. The molecule has 0 unspecified atom stereocenters. The maximum atomic E-state index is 15.0. The first kappa shape index (κ1) is 103. The first-order chi connectivity index (χ1) is 65.1. The smallest absolute Gasteiger partial charge is 0.338 e. The molecule has 0 saturated carbocycles. The molecule has 4 saturated heterocycles. The quantitative estimate of drug-likeness (QED) is 0.0158. The minimum Gasteiger partial charge on any atom is -0.480 e. The zero-order valence-corrected chi connectivity index (χ0v) is 81.5. The van der Waals surface area contributed by atoms with Crippen LogP contribution >= 0.6 is 108 Å². The number of ether oxygens (including phenoxy) is 6. The van der Waals surface area contributed by atoms with E-state index in [4.69, 9.17) is 73.2 Å². The van der Waals surface area contributed by atoms with Gasteiger partial charge >= 0.3 is 47.8 Å². The van der Waals surface area contributed by atoms with E-state index in [1.54, 1.807) is 96.7 Å². The Morgan fingerprint density at radius 3 is 1.20 bits per heavy atom. The molecule has 4 fully saturated rings. The number of nitrogens with zero attached hydrogens (tertiary/aromatic N) is 13. The number of benzene rings is 4. The van der Waals surface area contributed by atoms with Crippen molar-refractivity contribution in [3.8, 4) is 0 Å². The van der Waals surface area contributed by atoms with Gasteiger partial charge in [0.15, 0.2) is 44.2 Å². The average molecular weight is 2100 g/mol. The number of carboxylic acids is 4. The van der Waals surface area contributed by atoms with E-state index in [-0.39, 0.29) is 82.3 Å². The fourth-order valence-corrected chi connectivity index (χ4v) is 21.3. The van der Waals surface area contributed by atoms with Crippen LogP contribution in [0, 0.1) is 30.2 Å². The molecule has 136 heavy (non-hydrogen) atoms. The Morgan fingerprint density at radius 1 is 0.493 bits per heavy atom. The number of hydrogen-bond donors (Lipinski definition) is 8. The van der Waals surface area contributed by atoms with Crippen molar-refractivity contribution >= 4 is 179 Å². The molecule has 8 N–H and O–H groups in total. The number of hydrogen-bond acceptors (Lipinski definition) is 35. The van der Waals surface area contributed by atoms with Crippen molar-refractivity contribution in [2.75, 3.05) is 124 Å². The number of thiazole rings is 3. The summed E-state index contributed by atoms with van der Waals surface area (Å²) < 4.78 is 89.0. The number of nitrogens with one attached hydrogen (secondary N) is 4. The molecule has 8 atom stereocenters. The van der Waals surface area contributed by atoms with E-state index in [0.29, 0.717) is 133 Å². The molecule has 0 bridgehead atoms. The lowest BCUT2D eigenvalue weighted by atomic mass is 9.94. The number of aliphatic imine (C=N–C) groups is 4. The van der Waals surface area contributed by atoms with Crippen molar-refractivity contribution in [3.05, 3.63) is 250 Å². The van der Waals surface area contributed by atoms with E-state index in [0.717, 1.165) is 35.4 Å². The first-order valence-corrected chi connectivity index (χ1v) is 48.2. The van der Waals surface area contributed by atoms with Crippen molar-refractivity contribution in [2.45, 2.75) is 73.9 Å². The Balaban J connectivity index is 0.000000153. The number of methoxy groups -OCH3 is 4. The molecular weight excluding hydrogens is 2010 g/mol. The van der Waals surface area contributed by atoms with E-state index in [9.17, 15) is 76.3 Å². The topological polar surface area (TPSA) is 440 Å². The van der Waals surface area contributed by atoms with E-state index >= 15 is 0 Å². The number of morpholine rings is 2. The van der Waals surface area contributed by atoms with Crippen LogP contribution in [0.3, 0.4) is 0 Å². The van der Waals surface area contributed by atoms with Crippen molar-refractivity contribution in [1.82, 2.24) is 65.4 Å². The number of imidazole rings is 1. The molecule has 0 amide bonds. The minimum atomic E-state index is -1.03. The Labute approximate surface area is 819 Å². The molecule has 0 spiro atoms. The average Bonchev–Trinajstić information content (AvgIpc) is 1.14. The van der Waals surface area contributed by atoms with Gasteiger partial charge in [-0.3, -0.25) is 58.7 Å². The summed E-state index contributed by atoms with van der Waals surface area (Å²) in [5.41, 5.74) is 4.46. The van der Waals surface area contributed by atoms with Crippen molar-refractivity contribution in [2.24, 2.45) is 27.0 Å². The van der Waals surface area contributed by atoms with Crippen LogP contribution in [-0.2, 0) is 73.8 Å². The first-order valence-electron chi connectivity index (χ1n) is 41.5. The molecule has 0 aliphatic carbocycles. The van der Waals surface area contributed by atoms with Crippen LogP contribution in [0.1, 0.15) is 86.8 Å². The van der Waals surface area contributed by atoms with Crippen molar-refractivity contribution < 1.29 is 105 Å². The van der Waals surface area contributed by atoms with E-state index in [1.807, 2.05) is 31.9 Å². The maximum Gasteiger partial charge on any atom is 0.338 e. The highest BCUT2D eigenvalue weighted by atomic mass is 79.9. The van der Waals surface area contributed by atoms with E-state index in [1.165, 1.54) is 105 Å². The summed E-state index contributed by atoms with van der Waals surface area (Å²) in [5, 5.41) is 59.1. The largest absolute Gasteiger partial charge is 0.480 e. The molecule has 0 radical (unpaired) electrons. The molecular formula is C88H89BrCl3F4N17O18S5. The van der Waals surface area contributed by atoms with Gasteiger partial charge in [0.25, 0.3) is 0 Å². The van der Waals surface area contributed by atoms with Crippen molar-refractivity contribution in [3.63, 3.8) is 0 Å². The Morgan fingerprint density at radius 2 is 0.853 bits per heavy atom. The van der Waals surface area contributed by atoms with Crippen LogP contribution in [0.4, 0.5) is 17.6 Å². The number of aliphatic carboxylic acids is 4. The Kier molecular flexibility index (Phi) is 34.7. The van der Waals surface area contributed by atoms with Gasteiger partial charge in [0.05, 0.1) is 82.9 Å². The van der Waals surface area contributed by atoms with E-state index in [2.05, 4.69) is 67.1 Å². The number of aryl methyl sites for hydroxylation is 2. The van der Waals surface area contributed by atoms with Gasteiger partial charge in [0, 0.05) is 187 Å². The zero-order chi connectivity index (χ0) is 97.7. The molecule has 8 aliphatic rings. The summed E-state index contributed by atoms with van der Waals surface area (Å²) in [6, 6.07) is 9.13. The van der Waals surface area contributed by atoms with Gasteiger partial charge in [-0.15, -0.1) is 34.0 Å². The molecule has 4 aromatic carbocycles. The second kappa shape index (κ2) is 46.0. The molecule has 4 aromatic heterocycles. The number of amidine groups is 4. The SMILES string of the molecule is COC(=O)C1=C(CN2CCOC[C@H]2C(=O)O)NC(c2nc(C)cn2C)=N[C@H]1c1ccc(F)cc1Cl.COC(=O)C1=C(CN2CCOC[C@H]2C(=O)O)NC(c2nccs2)=N[C@H]1c1ccc(Br)cc1F.COC(=O)C1=C(CN2CCSC(C)(C)[C@H]2C(=O)O)NC(c2nccs2)=N[C@H]1c1ccc(F)cc1Cl.COC(=O)C1=C(CN2CCSC[C@H]2C(=O)O)NC(c2nccs2)=N[C@H]1c1ccc(F)cc1Cl. The standard InChI is InChI=1S/C23H25ClFN5O5.C23H24ClFN4O4S2.C21H20BrFN4O5S.C21H20ClFN4O4S2/c1-12-9-29(2)21(26-12)20-27-16(10-30-6-7-35-11-17(30)22(31)32)18(23(33)34-3)19(28-20)14-5-4-13(25)8-15(14)24;1-23(2)18(21(30)31)29(7-9-35-23)11-15-16(22(32)33-3)17(13-5-4-12(25)10-14(13)24)28-19(27-15)20-26-6-8-34-20;1-31-21(30)16-14(9-27-5-6-32-10-15(27)20(28)29)25-18(19-24-4-7-33-19)26-17(16)12-3-2-11(22)8-13(12)23;1-31-21(30)16-14(9-27-5-7-32-10-15(27)20(28)29)25-18(19-24-4-6-33-19)26-17(16)12-3-2-11(23)8-13(12)22/h4-5,8-9,17,19H,6-7,10-11H2,1-3H3,(H,27,28)(H,31,32);4-6,8,10,17-18H,7,9,11H2,1-3H3,(H,27,28)(H,30,31);2-4,7-8,15,17H,5-6,9-10H2,1H3,(H,25,26)(H,28,29);2-4,6,8,15,17H,5,7,9-10H2,1H3,(H,25,26)(H,28,29)/t17-,19-;17-,18+;2*15-,17-/m0000/s1. The summed E-state index contributed by atoms with van der Waals surface area (Å²) in [6.07, 6.45) is 6.70. The monoisotopic (exact) mass is 2090 g/mol. The summed E-state index contributed by atoms with van der Waals surface area (Å²) >= 11 is 29.6. The van der Waals surface area contributed by atoms with Crippen LogP contribution in [0.2, 0.25) is 15.1 Å². The maximum absolute atomic E-state index is 15.0. The third kappa shape index (κ3) is 24.1. The second-order valence-electron chi connectivity index (χ2n) is 31.4. The van der Waals surface area contributed by atoms with Crippen LogP contribution in [-0.4, -0.2) is 289 Å². The predicted octanol–water partition coefficient (Wildman–Crippen LogP) is 10.9. The lowest BCUT2D eigenvalue weighted by Gasteiger charge is -2.44. The van der Waals surface area contributed by atoms with Gasteiger partial charge in [0.2, 0.25) is 0 Å². The molecule has 720 valence electrons. The number of carboxylic acid groups (broad SMARTS) is 4. The molecule has 35 nitrogen and oxygen atoms in total. The third-order valence-corrected chi connectivity index (χ3v) is 28.6. The highest BCUT2D eigenvalue weighted by molar-refractivity contribution is 9.10. The zero-order valence-electron chi connectivity index (χ0n) is 73.6. The number of aromatic nitrogens is 5. The van der Waals surface area contributed by atoms with E-state index < -0.39 is 124 Å². The normalized spacial score (nSPS) is 21.5. The lowest BCUT2D eigenvalue weighted by Crippen LogP contribution is -2.58. The minimum absolute atomic E-state index is 0.0168. The Bertz CT molecular complexity index is 5960. The second-order valence-corrected chi connectivity index (χ2v) is 39.1. The van der Waals surface area contributed by atoms with Crippen LogP contribution < -0.4 is 21.3 Å². The molecule has 12 heterocycles. The lowest BCUT2D eigenvalue weighted by molar-refractivity contribution is -0.150. The number of halogens is 8. The summed E-state index contributed by atoms with van der Waals surface area (Å²) in [4.78, 5) is 143. The van der Waals surface area contributed by atoms with Crippen LogP contribution in [0.15, 0.2) is 183 Å². The molecule has 8 aliphatic heterocycles. The molecule has 8 aromatic rings. The van der Waals surface area contributed by atoms with Gasteiger partial charge in [-0.1, -0.05) is 75.0 Å². The van der Waals surface area contributed by atoms with Gasteiger partial charge in [-0.05, 0) is 69.3 Å². The molecule has 16 rings (SSSR count). The predicted molar refractivity (Wildman–Crippen MR) is 506 cm³/mol. The fourth-order valence-electron chi connectivity index (χ4n) is 16.0. The van der Waals surface area contributed by atoms with Crippen LogP contribution in [0.25, 0.3) is 0 Å². The van der Waals surface area contributed by atoms with Gasteiger partial charge in [0.1, 0.15) is 71.6 Å². The number of carbonyl (C=O) groups is 8. The number of esters is 4. The third-order valence-electron chi connectivity index (χ3n) is 22.4. The highest BCUT2D eigenvalue weighted by Gasteiger charge is 2.47. The molecule has 48 heteroatoms. The summed E-state index contributed by atoms with van der Waals surface area (Å²) in [7, 11) is 6.80. The summed E-state index contributed by atoms with van der Waals surface area (Å²) in [5.74, 6) is -4.69.